The van der Waals surface area contributed by atoms with Crippen LogP contribution in [-0.4, -0.2) is 20.3 Å². The van der Waals surface area contributed by atoms with E-state index in [9.17, 15) is 9.59 Å². The summed E-state index contributed by atoms with van der Waals surface area (Å²) in [6.45, 7) is -0.153. The lowest BCUT2D eigenvalue weighted by molar-refractivity contribution is -0.117. The Hall–Kier alpha value is -2.88. The Labute approximate surface area is 108 Å². The zero-order chi connectivity index (χ0) is 13.8. The summed E-state index contributed by atoms with van der Waals surface area (Å²) in [7, 11) is 1.56. The standard InChI is InChI=1S/C12H11N5O2/c1-16-8-14-17(12(16)19)7-11(18)15-10-4-2-9(6-13)3-5-10/h2-5,8H,7H2,1H3,(H,15,18). The smallest absolute Gasteiger partial charge is 0.324 e. The van der Waals surface area contributed by atoms with Gasteiger partial charge in [-0.2, -0.15) is 10.4 Å². The van der Waals surface area contributed by atoms with Crippen molar-refractivity contribution in [2.75, 3.05) is 5.32 Å². The van der Waals surface area contributed by atoms with Crippen LogP contribution in [0, 0.1) is 11.3 Å². The van der Waals surface area contributed by atoms with Gasteiger partial charge < -0.3 is 5.32 Å². The van der Waals surface area contributed by atoms with E-state index < -0.39 is 0 Å². The lowest BCUT2D eigenvalue weighted by Crippen LogP contribution is -2.29. The number of hydrogen-bond donors (Lipinski definition) is 1. The maximum atomic E-state index is 11.7. The molecule has 0 atom stereocenters. The van der Waals surface area contributed by atoms with Gasteiger partial charge >= 0.3 is 5.69 Å². The van der Waals surface area contributed by atoms with Crippen molar-refractivity contribution < 1.29 is 4.79 Å². The molecule has 96 valence electrons. The first-order valence-corrected chi connectivity index (χ1v) is 5.48. The Morgan fingerprint density at radius 3 is 2.63 bits per heavy atom. The molecular formula is C12H11N5O2. The van der Waals surface area contributed by atoms with Crippen molar-refractivity contribution in [2.45, 2.75) is 6.54 Å². The first kappa shape index (κ1) is 12.6. The van der Waals surface area contributed by atoms with Crippen LogP contribution >= 0.6 is 0 Å². The van der Waals surface area contributed by atoms with E-state index in [2.05, 4.69) is 10.4 Å². The van der Waals surface area contributed by atoms with Gasteiger partial charge in [0.05, 0.1) is 11.6 Å². The van der Waals surface area contributed by atoms with Gasteiger partial charge in [-0.05, 0) is 24.3 Å². The summed E-state index contributed by atoms with van der Waals surface area (Å²) in [6, 6.07) is 8.43. The predicted molar refractivity (Wildman–Crippen MR) is 67.3 cm³/mol. The SMILES string of the molecule is Cn1cnn(CC(=O)Nc2ccc(C#N)cc2)c1=O. The van der Waals surface area contributed by atoms with E-state index in [1.807, 2.05) is 6.07 Å². The summed E-state index contributed by atoms with van der Waals surface area (Å²) >= 11 is 0. The minimum atomic E-state index is -0.356. The molecule has 0 fully saturated rings. The summed E-state index contributed by atoms with van der Waals surface area (Å²) in [4.78, 5) is 23.2. The van der Waals surface area contributed by atoms with E-state index in [-0.39, 0.29) is 18.1 Å². The maximum absolute atomic E-state index is 11.7. The summed E-state index contributed by atoms with van der Waals surface area (Å²) in [5.41, 5.74) is 0.724. The van der Waals surface area contributed by atoms with Gasteiger partial charge in [0.1, 0.15) is 12.9 Å². The second kappa shape index (κ2) is 5.18. The zero-order valence-electron chi connectivity index (χ0n) is 10.2. The number of amides is 1. The quantitative estimate of drug-likeness (QED) is 0.843. The summed E-state index contributed by atoms with van der Waals surface area (Å²) in [5.74, 6) is -0.356. The van der Waals surface area contributed by atoms with Gasteiger partial charge in [0.2, 0.25) is 5.91 Å². The summed E-state index contributed by atoms with van der Waals surface area (Å²) < 4.78 is 2.36. The number of carbonyl (C=O) groups excluding carboxylic acids is 1. The van der Waals surface area contributed by atoms with Crippen LogP contribution in [0.5, 0.6) is 0 Å². The topological polar surface area (TPSA) is 92.7 Å². The first-order valence-electron chi connectivity index (χ1n) is 5.48. The largest absolute Gasteiger partial charge is 0.345 e. The third kappa shape index (κ3) is 2.87. The number of nitrogens with zero attached hydrogens (tertiary/aromatic N) is 4. The highest BCUT2D eigenvalue weighted by atomic mass is 16.2. The summed E-state index contributed by atoms with van der Waals surface area (Å²) in [5, 5.41) is 15.1. The molecule has 0 bridgehead atoms. The van der Waals surface area contributed by atoms with Crippen molar-refractivity contribution in [3.8, 4) is 6.07 Å². The molecule has 1 heterocycles. The van der Waals surface area contributed by atoms with Crippen LogP contribution in [0.3, 0.4) is 0 Å². The molecule has 7 heteroatoms. The molecule has 0 aliphatic heterocycles. The van der Waals surface area contributed by atoms with E-state index in [0.717, 1.165) is 4.68 Å². The number of nitriles is 1. The summed E-state index contributed by atoms with van der Waals surface area (Å²) in [6.07, 6.45) is 1.34. The van der Waals surface area contributed by atoms with Gasteiger partial charge in [-0.3, -0.25) is 9.36 Å². The molecule has 2 rings (SSSR count). The van der Waals surface area contributed by atoms with E-state index in [0.29, 0.717) is 11.3 Å². The molecule has 7 nitrogen and oxygen atoms in total. The van der Waals surface area contributed by atoms with E-state index in [1.54, 1.807) is 31.3 Å². The fourth-order valence-electron chi connectivity index (χ4n) is 1.49. The van der Waals surface area contributed by atoms with Crippen molar-refractivity contribution in [1.29, 1.82) is 5.26 Å². The fourth-order valence-corrected chi connectivity index (χ4v) is 1.49. The number of aryl methyl sites for hydroxylation is 1. The molecule has 0 aliphatic rings. The van der Waals surface area contributed by atoms with Crippen molar-refractivity contribution in [3.63, 3.8) is 0 Å². The van der Waals surface area contributed by atoms with Crippen molar-refractivity contribution >= 4 is 11.6 Å². The van der Waals surface area contributed by atoms with Crippen LogP contribution in [0.4, 0.5) is 5.69 Å². The fraction of sp³-hybridized carbons (Fsp3) is 0.167. The lowest BCUT2D eigenvalue weighted by atomic mass is 10.2. The van der Waals surface area contributed by atoms with Crippen molar-refractivity contribution in [1.82, 2.24) is 14.3 Å². The second-order valence-corrected chi connectivity index (χ2v) is 3.92. The lowest BCUT2D eigenvalue weighted by Gasteiger charge is -2.04. The molecule has 0 unspecified atom stereocenters. The number of hydrogen-bond acceptors (Lipinski definition) is 4. The van der Waals surface area contributed by atoms with Gasteiger partial charge in [0, 0.05) is 12.7 Å². The van der Waals surface area contributed by atoms with Crippen LogP contribution in [0.2, 0.25) is 0 Å². The van der Waals surface area contributed by atoms with Crippen LogP contribution in [0.15, 0.2) is 35.4 Å². The Morgan fingerprint density at radius 2 is 2.11 bits per heavy atom. The Morgan fingerprint density at radius 1 is 1.42 bits per heavy atom. The minimum absolute atomic E-state index is 0.153. The molecule has 1 aromatic carbocycles. The number of carbonyl (C=O) groups is 1. The molecular weight excluding hydrogens is 246 g/mol. The molecule has 0 spiro atoms. The number of nitrogens with one attached hydrogen (secondary N) is 1. The van der Waals surface area contributed by atoms with Gasteiger partial charge in [-0.25, -0.2) is 9.48 Å². The van der Waals surface area contributed by atoms with Crippen LogP contribution in [-0.2, 0) is 18.4 Å². The molecule has 0 aliphatic carbocycles. The highest BCUT2D eigenvalue weighted by molar-refractivity contribution is 5.90. The normalized spacial score (nSPS) is 9.89. The van der Waals surface area contributed by atoms with Gasteiger partial charge in [-0.15, -0.1) is 0 Å². The highest BCUT2D eigenvalue weighted by Gasteiger charge is 2.08. The average molecular weight is 257 g/mol. The van der Waals surface area contributed by atoms with Crippen LogP contribution in [0.25, 0.3) is 0 Å². The first-order chi connectivity index (χ1) is 9.10. The van der Waals surface area contributed by atoms with Gasteiger partial charge in [0.25, 0.3) is 0 Å². The third-order valence-electron chi connectivity index (χ3n) is 2.48. The molecule has 0 saturated heterocycles. The Kier molecular flexibility index (Phi) is 3.43. The van der Waals surface area contributed by atoms with Crippen LogP contribution < -0.4 is 11.0 Å². The maximum Gasteiger partial charge on any atom is 0.345 e. The number of aromatic nitrogens is 3. The third-order valence-corrected chi connectivity index (χ3v) is 2.48. The highest BCUT2D eigenvalue weighted by Crippen LogP contribution is 2.08. The Bertz CT molecular complexity index is 690. The Balaban J connectivity index is 2.03. The van der Waals surface area contributed by atoms with E-state index in [4.69, 9.17) is 5.26 Å². The molecule has 0 saturated carbocycles. The molecule has 19 heavy (non-hydrogen) atoms. The number of benzene rings is 1. The van der Waals surface area contributed by atoms with E-state index >= 15 is 0 Å². The predicted octanol–water partition coefficient (Wildman–Crippen LogP) is 0.0922. The van der Waals surface area contributed by atoms with Gasteiger partial charge in [0.15, 0.2) is 0 Å². The molecule has 1 aromatic heterocycles. The minimum Gasteiger partial charge on any atom is -0.324 e. The molecule has 1 N–H and O–H groups in total. The second-order valence-electron chi connectivity index (χ2n) is 3.92. The van der Waals surface area contributed by atoms with E-state index in [1.165, 1.54) is 10.9 Å². The van der Waals surface area contributed by atoms with Crippen LogP contribution in [0.1, 0.15) is 5.56 Å². The molecule has 0 radical (unpaired) electrons. The van der Waals surface area contributed by atoms with Gasteiger partial charge in [-0.1, -0.05) is 0 Å². The average Bonchev–Trinajstić information content (AvgIpc) is 2.71. The monoisotopic (exact) mass is 257 g/mol. The zero-order valence-corrected chi connectivity index (χ0v) is 10.2. The van der Waals surface area contributed by atoms with Crippen molar-refractivity contribution in [2.24, 2.45) is 7.05 Å². The number of rotatable bonds is 3. The molecule has 1 amide bonds. The molecule has 2 aromatic rings. The number of anilines is 1. The van der Waals surface area contributed by atoms with Crippen molar-refractivity contribution in [3.05, 3.63) is 46.6 Å².